The van der Waals surface area contributed by atoms with Crippen LogP contribution in [0.15, 0.2) is 18.3 Å². The summed E-state index contributed by atoms with van der Waals surface area (Å²) in [5.74, 6) is -1.01. The molecule has 1 atom stereocenters. The Bertz CT molecular complexity index is 376. The van der Waals surface area contributed by atoms with E-state index in [-0.39, 0.29) is 18.7 Å². The Hall–Kier alpha value is -1.50. The van der Waals surface area contributed by atoms with Crippen LogP contribution >= 0.6 is 0 Å². The van der Waals surface area contributed by atoms with Crippen LogP contribution in [0.25, 0.3) is 0 Å². The molecule has 1 aromatic heterocycles. The monoisotopic (exact) mass is 240 g/mol. The van der Waals surface area contributed by atoms with Crippen LogP contribution in [-0.2, 0) is 6.54 Å². The van der Waals surface area contributed by atoms with Crippen molar-refractivity contribution in [2.45, 2.75) is 19.1 Å². The minimum Gasteiger partial charge on any atom is -0.478 e. The van der Waals surface area contributed by atoms with Gasteiger partial charge in [0.25, 0.3) is 0 Å². The molecule has 0 aliphatic rings. The maximum atomic E-state index is 10.6. The highest BCUT2D eigenvalue weighted by Crippen LogP contribution is 2.02. The zero-order valence-corrected chi connectivity index (χ0v) is 9.55. The Balaban J connectivity index is 2.45. The lowest BCUT2D eigenvalue weighted by Gasteiger charge is -2.20. The highest BCUT2D eigenvalue weighted by atomic mass is 16.4. The number of nitrogens with one attached hydrogen (secondary N) is 1. The fourth-order valence-corrected chi connectivity index (χ4v) is 1.17. The summed E-state index contributed by atoms with van der Waals surface area (Å²) in [6, 6.07) is 3.07. The molecule has 0 amide bonds. The van der Waals surface area contributed by atoms with Crippen LogP contribution in [0.4, 0.5) is 0 Å². The highest BCUT2D eigenvalue weighted by molar-refractivity contribution is 5.87. The van der Waals surface area contributed by atoms with Crippen LogP contribution in [0.1, 0.15) is 23.0 Å². The number of aliphatic hydroxyl groups excluding tert-OH is 1. The molecule has 6 nitrogen and oxygen atoms in total. The second kappa shape index (κ2) is 5.72. The number of carboxylic acids is 1. The number of rotatable bonds is 6. The molecule has 0 radical (unpaired) electrons. The van der Waals surface area contributed by atoms with Gasteiger partial charge in [-0.15, -0.1) is 0 Å². The molecule has 0 aliphatic carbocycles. The number of carboxylic acid groups (broad SMARTS) is 1. The van der Waals surface area contributed by atoms with Gasteiger partial charge >= 0.3 is 5.97 Å². The van der Waals surface area contributed by atoms with Crippen LogP contribution in [0, 0.1) is 0 Å². The molecule has 94 valence electrons. The molecule has 0 aliphatic heterocycles. The molecule has 1 heterocycles. The second-order valence-corrected chi connectivity index (χ2v) is 4.10. The third-order valence-electron chi connectivity index (χ3n) is 2.22. The summed E-state index contributed by atoms with van der Waals surface area (Å²) in [6.07, 6.45) is 1.28. The maximum absolute atomic E-state index is 10.6. The van der Waals surface area contributed by atoms with Gasteiger partial charge in [-0.05, 0) is 19.1 Å². The predicted molar refractivity (Wildman–Crippen MR) is 60.6 cm³/mol. The van der Waals surface area contributed by atoms with Crippen molar-refractivity contribution in [2.75, 3.05) is 13.2 Å². The van der Waals surface area contributed by atoms with E-state index >= 15 is 0 Å². The van der Waals surface area contributed by atoms with Gasteiger partial charge in [-0.1, -0.05) is 0 Å². The van der Waals surface area contributed by atoms with Gasteiger partial charge in [0.15, 0.2) is 0 Å². The molecule has 6 heteroatoms. The lowest BCUT2D eigenvalue weighted by molar-refractivity contribution is 0.00248. The number of hydrogen-bond acceptors (Lipinski definition) is 5. The summed E-state index contributed by atoms with van der Waals surface area (Å²) in [4.78, 5) is 14.5. The Kier molecular flexibility index (Phi) is 4.56. The normalized spacial score (nSPS) is 14.3. The lowest BCUT2D eigenvalue weighted by Crippen LogP contribution is -2.40. The molecule has 4 N–H and O–H groups in total. The molecule has 17 heavy (non-hydrogen) atoms. The van der Waals surface area contributed by atoms with Crippen molar-refractivity contribution in [2.24, 2.45) is 0 Å². The molecular weight excluding hydrogens is 224 g/mol. The van der Waals surface area contributed by atoms with E-state index in [0.717, 1.165) is 0 Å². The van der Waals surface area contributed by atoms with Crippen molar-refractivity contribution in [3.8, 4) is 0 Å². The molecule has 0 bridgehead atoms. The van der Waals surface area contributed by atoms with E-state index in [9.17, 15) is 9.90 Å². The van der Waals surface area contributed by atoms with Crippen LogP contribution in [-0.4, -0.2) is 45.0 Å². The first-order valence-corrected chi connectivity index (χ1v) is 5.17. The van der Waals surface area contributed by atoms with Gasteiger partial charge in [-0.3, -0.25) is 4.98 Å². The van der Waals surface area contributed by atoms with Gasteiger partial charge < -0.3 is 20.6 Å². The van der Waals surface area contributed by atoms with Crippen molar-refractivity contribution in [3.05, 3.63) is 29.6 Å². The Labute approximate surface area is 98.9 Å². The van der Waals surface area contributed by atoms with Gasteiger partial charge in [0, 0.05) is 19.3 Å². The smallest absolute Gasteiger partial charge is 0.337 e. The van der Waals surface area contributed by atoms with E-state index in [4.69, 9.17) is 10.2 Å². The quantitative estimate of drug-likeness (QED) is 0.540. The first-order valence-electron chi connectivity index (χ1n) is 5.17. The summed E-state index contributed by atoms with van der Waals surface area (Å²) < 4.78 is 0. The average Bonchev–Trinajstić information content (AvgIpc) is 2.29. The van der Waals surface area contributed by atoms with Gasteiger partial charge in [0.1, 0.15) is 0 Å². The van der Waals surface area contributed by atoms with Crippen molar-refractivity contribution < 1.29 is 20.1 Å². The Morgan fingerprint density at radius 2 is 2.24 bits per heavy atom. The molecule has 0 spiro atoms. The second-order valence-electron chi connectivity index (χ2n) is 4.10. The number of aromatic carboxylic acids is 1. The van der Waals surface area contributed by atoms with Crippen LogP contribution in [0.2, 0.25) is 0 Å². The van der Waals surface area contributed by atoms with Crippen molar-refractivity contribution in [1.82, 2.24) is 10.3 Å². The standard InChI is InChI=1S/C11H16N2O4/c1-11(17,7-14)6-12-5-9-3-2-8(4-13-9)10(15)16/h2-4,12,14,17H,5-7H2,1H3,(H,15,16). The van der Waals surface area contributed by atoms with Crippen LogP contribution in [0.5, 0.6) is 0 Å². The van der Waals surface area contributed by atoms with Crippen LogP contribution in [0.3, 0.4) is 0 Å². The number of hydrogen-bond donors (Lipinski definition) is 4. The first-order chi connectivity index (χ1) is 7.94. The number of carbonyl (C=O) groups is 1. The maximum Gasteiger partial charge on any atom is 0.337 e. The zero-order valence-electron chi connectivity index (χ0n) is 9.55. The summed E-state index contributed by atoms with van der Waals surface area (Å²) in [7, 11) is 0. The zero-order chi connectivity index (χ0) is 12.9. The molecule has 1 unspecified atom stereocenters. The molecule has 1 aromatic rings. The molecule has 0 fully saturated rings. The molecule has 0 saturated carbocycles. The summed E-state index contributed by atoms with van der Waals surface area (Å²) >= 11 is 0. The lowest BCUT2D eigenvalue weighted by atomic mass is 10.1. The van der Waals surface area contributed by atoms with Gasteiger partial charge in [0.2, 0.25) is 0 Å². The molecule has 0 saturated heterocycles. The summed E-state index contributed by atoms with van der Waals surface area (Å²) in [6.45, 7) is 1.81. The summed E-state index contributed by atoms with van der Waals surface area (Å²) in [5.41, 5.74) is -0.360. The fraction of sp³-hybridized carbons (Fsp3) is 0.455. The van der Waals surface area contributed by atoms with E-state index in [1.807, 2.05) is 0 Å². The van der Waals surface area contributed by atoms with Gasteiger partial charge in [0.05, 0.1) is 23.5 Å². The SMILES string of the molecule is CC(O)(CO)CNCc1ccc(C(=O)O)cn1. The van der Waals surface area contributed by atoms with E-state index in [1.165, 1.54) is 19.2 Å². The van der Waals surface area contributed by atoms with Crippen molar-refractivity contribution in [1.29, 1.82) is 0 Å². The fourth-order valence-electron chi connectivity index (χ4n) is 1.17. The number of aliphatic hydroxyl groups is 2. The number of nitrogens with zero attached hydrogens (tertiary/aromatic N) is 1. The van der Waals surface area contributed by atoms with E-state index < -0.39 is 11.6 Å². The minimum atomic E-state index is -1.17. The minimum absolute atomic E-state index is 0.135. The Morgan fingerprint density at radius 3 is 2.71 bits per heavy atom. The van der Waals surface area contributed by atoms with Gasteiger partial charge in [-0.2, -0.15) is 0 Å². The number of aromatic nitrogens is 1. The van der Waals surface area contributed by atoms with E-state index in [2.05, 4.69) is 10.3 Å². The Morgan fingerprint density at radius 1 is 1.53 bits per heavy atom. The molecular formula is C11H16N2O4. The molecule has 0 aromatic carbocycles. The van der Waals surface area contributed by atoms with E-state index in [0.29, 0.717) is 12.2 Å². The average molecular weight is 240 g/mol. The van der Waals surface area contributed by atoms with Gasteiger partial charge in [-0.25, -0.2) is 4.79 Å². The highest BCUT2D eigenvalue weighted by Gasteiger charge is 2.17. The third-order valence-corrected chi connectivity index (χ3v) is 2.22. The van der Waals surface area contributed by atoms with Crippen LogP contribution < -0.4 is 5.32 Å². The number of pyridine rings is 1. The van der Waals surface area contributed by atoms with Crippen molar-refractivity contribution >= 4 is 5.97 Å². The van der Waals surface area contributed by atoms with Crippen molar-refractivity contribution in [3.63, 3.8) is 0 Å². The topological polar surface area (TPSA) is 103 Å². The van der Waals surface area contributed by atoms with E-state index in [1.54, 1.807) is 6.07 Å². The molecule has 1 rings (SSSR count). The third kappa shape index (κ3) is 4.48. The summed E-state index contributed by atoms with van der Waals surface area (Å²) in [5, 5.41) is 29.9. The largest absolute Gasteiger partial charge is 0.478 e. The first kappa shape index (κ1) is 13.6. The predicted octanol–water partition coefficient (Wildman–Crippen LogP) is -0.387.